The van der Waals surface area contributed by atoms with Gasteiger partial charge in [0.25, 0.3) is 7.82 Å². The van der Waals surface area contributed by atoms with Crippen LogP contribution in [0.3, 0.4) is 0 Å². The lowest BCUT2D eigenvalue weighted by Gasteiger charge is -2.30. The molecule has 3 unspecified atom stereocenters. The summed E-state index contributed by atoms with van der Waals surface area (Å²) < 4.78 is 30.3. The van der Waals surface area contributed by atoms with E-state index in [9.17, 15) is 19.0 Å². The minimum absolute atomic E-state index is 0.0192. The standard InChI is InChI=1S/C60H117N2O7P/c1-7-10-13-16-19-22-25-28-29-30-31-32-33-35-37-40-43-46-49-52-59(63)61-57(56-68-70(65,66)67-55-54-62(4,5)6)58(51-48-45-42-39-36-27-24-21-18-15-12-9-3)69-60(64)53-50-47-44-41-38-34-26-23-20-17-14-11-8-2/h28-29,48,51,57-58H,7-27,30-47,49-50,52-56H2,1-6H3,(H-,61,63,65,66)/b29-28+,51-48-. The van der Waals surface area contributed by atoms with Crippen LogP contribution < -0.4 is 10.2 Å². The molecule has 1 N–H and O–H groups in total. The molecule has 70 heavy (non-hydrogen) atoms. The topological polar surface area (TPSA) is 114 Å². The van der Waals surface area contributed by atoms with Gasteiger partial charge in [0, 0.05) is 12.8 Å². The first-order chi connectivity index (χ1) is 33.9. The summed E-state index contributed by atoms with van der Waals surface area (Å²) in [6.45, 7) is 6.86. The second-order valence-corrected chi connectivity index (χ2v) is 23.3. The molecule has 0 bridgehead atoms. The SMILES string of the molecule is CCCCCCCC/C=C/CCCCCCCCCCCC(=O)NC(COP(=O)([O-])OCC[N+](C)(C)C)C(/C=C\CCCCCCCCCCCC)OC(=O)CCCCCCCCCCCCCCC. The van der Waals surface area contributed by atoms with E-state index in [1.165, 1.54) is 205 Å². The highest BCUT2D eigenvalue weighted by atomic mass is 31.2. The van der Waals surface area contributed by atoms with E-state index < -0.39 is 20.0 Å². The van der Waals surface area contributed by atoms with E-state index in [1.54, 1.807) is 0 Å². The minimum atomic E-state index is -4.69. The summed E-state index contributed by atoms with van der Waals surface area (Å²) in [6, 6.07) is -0.882. The highest BCUT2D eigenvalue weighted by molar-refractivity contribution is 7.45. The fraction of sp³-hybridized carbons (Fsp3) is 0.900. The van der Waals surface area contributed by atoms with Gasteiger partial charge in [-0.05, 0) is 57.4 Å². The molecule has 414 valence electrons. The second-order valence-electron chi connectivity index (χ2n) is 21.9. The molecule has 0 saturated carbocycles. The van der Waals surface area contributed by atoms with E-state index in [1.807, 2.05) is 33.3 Å². The van der Waals surface area contributed by atoms with Gasteiger partial charge in [0.15, 0.2) is 0 Å². The molecule has 0 heterocycles. The number of nitrogens with zero attached hydrogens (tertiary/aromatic N) is 1. The maximum atomic E-state index is 13.5. The van der Waals surface area contributed by atoms with Crippen LogP contribution in [-0.2, 0) is 27.9 Å². The zero-order valence-electron chi connectivity index (χ0n) is 47.2. The van der Waals surface area contributed by atoms with Crippen molar-refractivity contribution in [2.75, 3.05) is 40.9 Å². The van der Waals surface area contributed by atoms with Gasteiger partial charge in [-0.1, -0.05) is 251 Å². The Kier molecular flexibility index (Phi) is 49.9. The van der Waals surface area contributed by atoms with Crippen molar-refractivity contribution < 1.29 is 37.3 Å². The van der Waals surface area contributed by atoms with Crippen LogP contribution in [0, 0.1) is 0 Å². The summed E-state index contributed by atoms with van der Waals surface area (Å²) in [5.41, 5.74) is 0. The van der Waals surface area contributed by atoms with Crippen molar-refractivity contribution in [2.45, 2.75) is 309 Å². The Morgan fingerprint density at radius 3 is 1.21 bits per heavy atom. The summed E-state index contributed by atoms with van der Waals surface area (Å²) in [6.07, 6.45) is 58.5. The molecule has 0 aromatic carbocycles. The Bertz CT molecular complexity index is 1250. The average Bonchev–Trinajstić information content (AvgIpc) is 3.32. The number of allylic oxidation sites excluding steroid dienone is 3. The molecule has 9 nitrogen and oxygen atoms in total. The quantitative estimate of drug-likeness (QED) is 0.0212. The van der Waals surface area contributed by atoms with E-state index in [0.29, 0.717) is 17.4 Å². The number of phosphoric ester groups is 1. The Balaban J connectivity index is 5.24. The largest absolute Gasteiger partial charge is 0.756 e. The maximum Gasteiger partial charge on any atom is 0.306 e. The van der Waals surface area contributed by atoms with Crippen molar-refractivity contribution in [3.8, 4) is 0 Å². The highest BCUT2D eigenvalue weighted by Crippen LogP contribution is 2.38. The van der Waals surface area contributed by atoms with Gasteiger partial charge < -0.3 is 28.5 Å². The van der Waals surface area contributed by atoms with Crippen molar-refractivity contribution in [3.63, 3.8) is 0 Å². The Morgan fingerprint density at radius 2 is 0.829 bits per heavy atom. The van der Waals surface area contributed by atoms with Crippen molar-refractivity contribution in [1.29, 1.82) is 0 Å². The average molecular weight is 1010 g/mol. The second kappa shape index (κ2) is 51.0. The number of quaternary nitrogens is 1. The molecule has 0 saturated heterocycles. The van der Waals surface area contributed by atoms with Gasteiger partial charge in [-0.25, -0.2) is 0 Å². The van der Waals surface area contributed by atoms with Gasteiger partial charge in [0.1, 0.15) is 19.3 Å². The smallest absolute Gasteiger partial charge is 0.306 e. The zero-order valence-corrected chi connectivity index (χ0v) is 48.1. The minimum Gasteiger partial charge on any atom is -0.756 e. The summed E-state index contributed by atoms with van der Waals surface area (Å²) in [5.74, 6) is -0.530. The van der Waals surface area contributed by atoms with E-state index in [-0.39, 0.29) is 31.5 Å². The molecule has 1 amide bonds. The molecule has 3 atom stereocenters. The molecule has 0 aliphatic heterocycles. The van der Waals surface area contributed by atoms with Crippen LogP contribution in [0.1, 0.15) is 297 Å². The molecule has 0 aliphatic carbocycles. The lowest BCUT2D eigenvalue weighted by Crippen LogP contribution is -2.47. The van der Waals surface area contributed by atoms with Crippen LogP contribution in [0.4, 0.5) is 0 Å². The number of likely N-dealkylation sites (N-methyl/N-ethyl adjacent to an activating group) is 1. The predicted molar refractivity (Wildman–Crippen MR) is 298 cm³/mol. The molecule has 0 fully saturated rings. The van der Waals surface area contributed by atoms with Crippen LogP contribution in [0.2, 0.25) is 0 Å². The Hall–Kier alpha value is -1.51. The number of carbonyl (C=O) groups excluding carboxylic acids is 2. The molecule has 0 radical (unpaired) electrons. The monoisotopic (exact) mass is 1010 g/mol. The molecule has 0 spiro atoms. The lowest BCUT2D eigenvalue weighted by molar-refractivity contribution is -0.870. The third-order valence-corrected chi connectivity index (χ3v) is 14.6. The van der Waals surface area contributed by atoms with Crippen molar-refractivity contribution in [3.05, 3.63) is 24.3 Å². The third kappa shape index (κ3) is 51.4. The molecule has 10 heteroatoms. The third-order valence-electron chi connectivity index (χ3n) is 13.6. The van der Waals surface area contributed by atoms with Crippen molar-refractivity contribution >= 4 is 19.7 Å². The summed E-state index contributed by atoms with van der Waals surface area (Å²) in [7, 11) is 1.20. The fourth-order valence-corrected chi connectivity index (χ4v) is 9.65. The number of ether oxygens (including phenoxy) is 1. The molecule has 0 aromatic rings. The van der Waals surface area contributed by atoms with Gasteiger partial charge in [-0.2, -0.15) is 0 Å². The fourth-order valence-electron chi connectivity index (χ4n) is 8.93. The summed E-state index contributed by atoms with van der Waals surface area (Å²) >= 11 is 0. The van der Waals surface area contributed by atoms with E-state index in [0.717, 1.165) is 57.8 Å². The number of rotatable bonds is 55. The van der Waals surface area contributed by atoms with Crippen LogP contribution in [0.5, 0.6) is 0 Å². The van der Waals surface area contributed by atoms with E-state index in [4.69, 9.17) is 13.8 Å². The highest BCUT2D eigenvalue weighted by Gasteiger charge is 2.27. The number of nitrogens with one attached hydrogen (secondary N) is 1. The first-order valence-electron chi connectivity index (χ1n) is 30.1. The number of amides is 1. The summed E-state index contributed by atoms with van der Waals surface area (Å²) in [5, 5.41) is 3.03. The molecular formula is C60H117N2O7P. The predicted octanol–water partition coefficient (Wildman–Crippen LogP) is 17.5. The number of carbonyl (C=O) groups is 2. The molecular weight excluding hydrogens is 892 g/mol. The van der Waals surface area contributed by atoms with E-state index >= 15 is 0 Å². The van der Waals surface area contributed by atoms with Crippen LogP contribution in [0.25, 0.3) is 0 Å². The van der Waals surface area contributed by atoms with Crippen molar-refractivity contribution in [2.24, 2.45) is 0 Å². The molecule has 0 aliphatic rings. The number of unbranched alkanes of at least 4 members (excludes halogenated alkanes) is 37. The van der Waals surface area contributed by atoms with Gasteiger partial charge in [-0.3, -0.25) is 14.2 Å². The first kappa shape index (κ1) is 68.5. The number of esters is 1. The van der Waals surface area contributed by atoms with Crippen LogP contribution in [0.15, 0.2) is 24.3 Å². The van der Waals surface area contributed by atoms with E-state index in [2.05, 4.69) is 38.2 Å². The Labute approximate surface area is 434 Å². The zero-order chi connectivity index (χ0) is 51.5. The number of hydrogen-bond acceptors (Lipinski definition) is 7. The lowest BCUT2D eigenvalue weighted by atomic mass is 10.0. The van der Waals surface area contributed by atoms with Gasteiger partial charge in [0.05, 0.1) is 33.8 Å². The number of phosphoric acid groups is 1. The molecule has 0 rings (SSSR count). The molecule has 0 aromatic heterocycles. The van der Waals surface area contributed by atoms with Crippen molar-refractivity contribution in [1.82, 2.24) is 5.32 Å². The van der Waals surface area contributed by atoms with Crippen LogP contribution in [-0.4, -0.2) is 69.4 Å². The maximum absolute atomic E-state index is 13.5. The van der Waals surface area contributed by atoms with Crippen LogP contribution >= 0.6 is 7.82 Å². The number of hydrogen-bond donors (Lipinski definition) is 1. The first-order valence-corrected chi connectivity index (χ1v) is 31.6. The summed E-state index contributed by atoms with van der Waals surface area (Å²) in [4.78, 5) is 39.9. The Morgan fingerprint density at radius 1 is 0.486 bits per heavy atom. The normalized spacial score (nSPS) is 13.9. The van der Waals surface area contributed by atoms with Gasteiger partial charge in [0.2, 0.25) is 5.91 Å². The van der Waals surface area contributed by atoms with Gasteiger partial charge >= 0.3 is 5.97 Å². The van der Waals surface area contributed by atoms with Gasteiger partial charge in [-0.15, -0.1) is 0 Å².